The molecule has 130 valence electrons. The van der Waals surface area contributed by atoms with Gasteiger partial charge in [0.15, 0.2) is 0 Å². The maximum Gasteiger partial charge on any atom is 0.275 e. The first-order chi connectivity index (χ1) is 12.7. The average molecular weight is 431 g/mol. The first-order valence-electron chi connectivity index (χ1n) is 7.65. The predicted molar refractivity (Wildman–Crippen MR) is 102 cm³/mol. The highest BCUT2D eigenvalue weighted by molar-refractivity contribution is 9.10. The quantitative estimate of drug-likeness (QED) is 0.354. The monoisotopic (exact) mass is 430 g/mol. The van der Waals surface area contributed by atoms with Crippen molar-refractivity contribution in [2.24, 2.45) is 5.10 Å². The minimum atomic E-state index is -0.281. The van der Waals surface area contributed by atoms with Gasteiger partial charge in [0.1, 0.15) is 12.1 Å². The topological polar surface area (TPSA) is 60.4 Å². The number of nitrogens with zero attached hydrogens (tertiary/aromatic N) is 6. The summed E-state index contributed by atoms with van der Waals surface area (Å²) in [6.07, 6.45) is 3.18. The van der Waals surface area contributed by atoms with E-state index in [1.165, 1.54) is 22.4 Å². The summed E-state index contributed by atoms with van der Waals surface area (Å²) in [5.74, 6) is 0.989. The average Bonchev–Trinajstić information content (AvgIpc) is 3.22. The minimum Gasteiger partial charge on any atom is -0.207 e. The van der Waals surface area contributed by atoms with Gasteiger partial charge in [0, 0.05) is 10.2 Å². The van der Waals surface area contributed by atoms with Crippen LogP contribution in [0.4, 0.5) is 4.39 Å². The van der Waals surface area contributed by atoms with Crippen LogP contribution in [0, 0.1) is 5.82 Å². The fourth-order valence-electron chi connectivity index (χ4n) is 2.28. The van der Waals surface area contributed by atoms with Gasteiger partial charge in [-0.3, -0.25) is 0 Å². The van der Waals surface area contributed by atoms with Crippen molar-refractivity contribution in [2.75, 3.05) is 0 Å². The van der Waals surface area contributed by atoms with E-state index in [0.717, 1.165) is 15.8 Å². The maximum absolute atomic E-state index is 12.9. The van der Waals surface area contributed by atoms with Crippen LogP contribution in [0.25, 0.3) is 5.78 Å². The lowest BCUT2D eigenvalue weighted by Gasteiger charge is -1.99. The Balaban J connectivity index is 1.52. The van der Waals surface area contributed by atoms with Crippen LogP contribution in [0.3, 0.4) is 0 Å². The van der Waals surface area contributed by atoms with Crippen LogP contribution < -0.4 is 0 Å². The van der Waals surface area contributed by atoms with E-state index < -0.39 is 0 Å². The van der Waals surface area contributed by atoms with Gasteiger partial charge in [0.25, 0.3) is 5.78 Å². The highest BCUT2D eigenvalue weighted by Gasteiger charge is 2.11. The van der Waals surface area contributed by atoms with Gasteiger partial charge in [-0.25, -0.2) is 4.39 Å². The zero-order valence-corrected chi connectivity index (χ0v) is 15.7. The van der Waals surface area contributed by atoms with Crippen molar-refractivity contribution < 1.29 is 4.39 Å². The first kappa shape index (κ1) is 16.9. The molecule has 0 saturated heterocycles. The van der Waals surface area contributed by atoms with Crippen molar-refractivity contribution >= 4 is 39.7 Å². The summed E-state index contributed by atoms with van der Waals surface area (Å²) < 4.78 is 17.2. The van der Waals surface area contributed by atoms with Gasteiger partial charge in [0.2, 0.25) is 5.16 Å². The van der Waals surface area contributed by atoms with Gasteiger partial charge in [-0.1, -0.05) is 52.0 Å². The summed E-state index contributed by atoms with van der Waals surface area (Å²) in [7, 11) is 0. The molecule has 0 aliphatic carbocycles. The van der Waals surface area contributed by atoms with Crippen molar-refractivity contribution in [3.63, 3.8) is 0 Å². The summed E-state index contributed by atoms with van der Waals surface area (Å²) in [4.78, 5) is 0. The van der Waals surface area contributed by atoms with Crippen LogP contribution in [0.1, 0.15) is 11.1 Å². The van der Waals surface area contributed by atoms with E-state index in [1.54, 1.807) is 41.0 Å². The van der Waals surface area contributed by atoms with Gasteiger partial charge in [0.05, 0.1) is 6.21 Å². The molecule has 26 heavy (non-hydrogen) atoms. The Hall–Kier alpha value is -2.52. The van der Waals surface area contributed by atoms with Gasteiger partial charge in [-0.15, -0.1) is 10.2 Å². The van der Waals surface area contributed by atoms with E-state index in [2.05, 4.69) is 48.5 Å². The molecule has 0 fully saturated rings. The van der Waals surface area contributed by atoms with Crippen LogP contribution in [0.2, 0.25) is 0 Å². The van der Waals surface area contributed by atoms with E-state index in [-0.39, 0.29) is 5.82 Å². The lowest BCUT2D eigenvalue weighted by Crippen LogP contribution is -1.91. The molecule has 0 unspecified atom stereocenters. The molecule has 0 spiro atoms. The predicted octanol–water partition coefficient (Wildman–Crippen LogP) is 4.00. The molecule has 0 amide bonds. The molecule has 0 N–H and O–H groups in total. The van der Waals surface area contributed by atoms with E-state index in [4.69, 9.17) is 0 Å². The lowest BCUT2D eigenvalue weighted by molar-refractivity contribution is 0.628. The van der Waals surface area contributed by atoms with Crippen molar-refractivity contribution in [1.29, 1.82) is 0 Å². The SMILES string of the molecule is Fc1ccc(/C=N\n2cnn3c(SCc4cccc(Br)c4)nnc23)cc1. The van der Waals surface area contributed by atoms with Crippen LogP contribution in [-0.4, -0.2) is 30.7 Å². The molecule has 0 bridgehead atoms. The van der Waals surface area contributed by atoms with Crippen LogP contribution in [-0.2, 0) is 5.75 Å². The van der Waals surface area contributed by atoms with E-state index in [0.29, 0.717) is 10.9 Å². The van der Waals surface area contributed by atoms with Gasteiger partial charge >= 0.3 is 0 Å². The summed E-state index contributed by atoms with van der Waals surface area (Å²) in [6.45, 7) is 0. The number of benzene rings is 2. The molecular weight excluding hydrogens is 419 g/mol. The Labute approximate surface area is 160 Å². The Bertz CT molecular complexity index is 1070. The van der Waals surface area contributed by atoms with Crippen LogP contribution in [0.5, 0.6) is 0 Å². The number of fused-ring (bicyclic) bond motifs is 1. The molecule has 2 aromatic carbocycles. The fraction of sp³-hybridized carbons (Fsp3) is 0.0588. The number of halogens is 2. The standard InChI is InChI=1S/C17H12BrFN6S/c18-14-3-1-2-13(8-14)10-26-17-23-22-16-24(11-21-25(16)17)20-9-12-4-6-15(19)7-5-12/h1-9,11H,10H2/b20-9-. The van der Waals surface area contributed by atoms with Gasteiger partial charge < -0.3 is 0 Å². The maximum atomic E-state index is 12.9. The number of hydrogen-bond acceptors (Lipinski definition) is 5. The van der Waals surface area contributed by atoms with Crippen molar-refractivity contribution in [2.45, 2.75) is 10.9 Å². The van der Waals surface area contributed by atoms with E-state index >= 15 is 0 Å². The number of hydrogen-bond donors (Lipinski definition) is 0. The molecule has 0 saturated carbocycles. The molecular formula is C17H12BrFN6S. The third-order valence-corrected chi connectivity index (χ3v) is 5.02. The zero-order valence-electron chi connectivity index (χ0n) is 13.3. The summed E-state index contributed by atoms with van der Waals surface area (Å²) >= 11 is 5.02. The largest absolute Gasteiger partial charge is 0.275 e. The second kappa shape index (κ2) is 7.38. The molecule has 2 heterocycles. The second-order valence-corrected chi connectivity index (χ2v) is 7.24. The Morgan fingerprint density at radius 1 is 1.15 bits per heavy atom. The van der Waals surface area contributed by atoms with Crippen molar-refractivity contribution in [3.8, 4) is 0 Å². The molecule has 9 heteroatoms. The lowest BCUT2D eigenvalue weighted by atomic mass is 10.2. The highest BCUT2D eigenvalue weighted by Crippen LogP contribution is 2.23. The second-order valence-electron chi connectivity index (χ2n) is 5.38. The Morgan fingerprint density at radius 2 is 2.00 bits per heavy atom. The summed E-state index contributed by atoms with van der Waals surface area (Å²) in [6, 6.07) is 14.2. The number of aromatic nitrogens is 5. The van der Waals surface area contributed by atoms with Gasteiger partial charge in [-0.2, -0.15) is 19.4 Å². The third-order valence-electron chi connectivity index (χ3n) is 3.54. The molecule has 0 atom stereocenters. The molecule has 4 aromatic rings. The third kappa shape index (κ3) is 3.68. The Morgan fingerprint density at radius 3 is 2.81 bits per heavy atom. The van der Waals surface area contributed by atoms with Crippen LogP contribution >= 0.6 is 27.7 Å². The fourth-order valence-corrected chi connectivity index (χ4v) is 3.55. The zero-order chi connectivity index (χ0) is 17.9. The molecule has 2 aromatic heterocycles. The van der Waals surface area contributed by atoms with Crippen LogP contribution in [0.15, 0.2) is 69.6 Å². The molecule has 0 aliphatic heterocycles. The number of rotatable bonds is 5. The molecule has 0 radical (unpaired) electrons. The normalized spacial score (nSPS) is 11.6. The smallest absolute Gasteiger partial charge is 0.207 e. The highest BCUT2D eigenvalue weighted by atomic mass is 79.9. The summed E-state index contributed by atoms with van der Waals surface area (Å²) in [5, 5.41) is 17.6. The molecule has 0 aliphatic rings. The van der Waals surface area contributed by atoms with Gasteiger partial charge in [-0.05, 0) is 35.4 Å². The Kier molecular flexibility index (Phi) is 4.81. The van der Waals surface area contributed by atoms with Crippen molar-refractivity contribution in [3.05, 3.63) is 76.3 Å². The molecule has 4 rings (SSSR count). The van der Waals surface area contributed by atoms with E-state index in [1.807, 2.05) is 12.1 Å². The van der Waals surface area contributed by atoms with Crippen molar-refractivity contribution in [1.82, 2.24) is 24.5 Å². The first-order valence-corrected chi connectivity index (χ1v) is 9.43. The van der Waals surface area contributed by atoms with E-state index in [9.17, 15) is 4.39 Å². The number of thioether (sulfide) groups is 1. The minimum absolute atomic E-state index is 0.281. The molecule has 6 nitrogen and oxygen atoms in total. The summed E-state index contributed by atoms with van der Waals surface area (Å²) in [5.41, 5.74) is 1.96.